The number of hydrogen-bond donors (Lipinski definition) is 3. The Morgan fingerprint density at radius 1 is 1.00 bits per heavy atom. The number of amides is 2. The van der Waals surface area contributed by atoms with Gasteiger partial charge in [0.15, 0.2) is 5.11 Å². The maximum absolute atomic E-state index is 12.4. The van der Waals surface area contributed by atoms with Crippen LogP contribution in [0.25, 0.3) is 0 Å². The van der Waals surface area contributed by atoms with Crippen molar-refractivity contribution in [1.82, 2.24) is 10.6 Å². The van der Waals surface area contributed by atoms with E-state index in [0.29, 0.717) is 42.3 Å². The molecule has 30 heavy (non-hydrogen) atoms. The van der Waals surface area contributed by atoms with Crippen molar-refractivity contribution in [2.75, 3.05) is 32.2 Å². The van der Waals surface area contributed by atoms with Crippen molar-refractivity contribution in [2.45, 2.75) is 19.8 Å². The number of methoxy groups -OCH3 is 1. The SMILES string of the molecule is CCCCNC(=O)c1ccccc1NC(=S)NC(=O)c1ccc(OCCOC)cc1. The van der Waals surface area contributed by atoms with Gasteiger partial charge in [0.2, 0.25) is 0 Å². The number of hydrogen-bond acceptors (Lipinski definition) is 5. The monoisotopic (exact) mass is 429 g/mol. The second-order valence-corrected chi connectivity index (χ2v) is 6.84. The molecule has 2 aromatic carbocycles. The summed E-state index contributed by atoms with van der Waals surface area (Å²) in [5.74, 6) is 0.0953. The molecule has 2 rings (SSSR count). The molecular formula is C22H27N3O4S. The summed E-state index contributed by atoms with van der Waals surface area (Å²) >= 11 is 5.25. The number of ether oxygens (including phenoxy) is 2. The first-order valence-electron chi connectivity index (χ1n) is 9.76. The fourth-order valence-corrected chi connectivity index (χ4v) is 2.74. The Morgan fingerprint density at radius 2 is 1.73 bits per heavy atom. The zero-order valence-electron chi connectivity index (χ0n) is 17.2. The molecule has 0 aromatic heterocycles. The smallest absolute Gasteiger partial charge is 0.257 e. The summed E-state index contributed by atoms with van der Waals surface area (Å²) in [6.45, 7) is 3.59. The predicted molar refractivity (Wildman–Crippen MR) is 121 cm³/mol. The number of carbonyl (C=O) groups excluding carboxylic acids is 2. The molecule has 0 bridgehead atoms. The number of unbranched alkanes of at least 4 members (excludes halogenated alkanes) is 1. The van der Waals surface area contributed by atoms with Crippen molar-refractivity contribution in [1.29, 1.82) is 0 Å². The minimum atomic E-state index is -0.360. The molecule has 0 saturated carbocycles. The molecule has 7 nitrogen and oxygen atoms in total. The topological polar surface area (TPSA) is 88.7 Å². The Morgan fingerprint density at radius 3 is 2.43 bits per heavy atom. The van der Waals surface area contributed by atoms with E-state index in [1.807, 2.05) is 0 Å². The van der Waals surface area contributed by atoms with Crippen molar-refractivity contribution in [3.63, 3.8) is 0 Å². The maximum atomic E-state index is 12.4. The molecule has 0 saturated heterocycles. The fourth-order valence-electron chi connectivity index (χ4n) is 2.54. The average Bonchev–Trinajstić information content (AvgIpc) is 2.74. The summed E-state index contributed by atoms with van der Waals surface area (Å²) in [7, 11) is 1.60. The van der Waals surface area contributed by atoms with Crippen LogP contribution in [0.5, 0.6) is 5.75 Å². The normalized spacial score (nSPS) is 10.2. The molecule has 0 atom stereocenters. The minimum Gasteiger partial charge on any atom is -0.491 e. The van der Waals surface area contributed by atoms with Gasteiger partial charge >= 0.3 is 0 Å². The third-order valence-corrected chi connectivity index (χ3v) is 4.34. The van der Waals surface area contributed by atoms with Gasteiger partial charge in [0.1, 0.15) is 12.4 Å². The number of anilines is 1. The van der Waals surface area contributed by atoms with Gasteiger partial charge in [-0.05, 0) is 55.0 Å². The fraction of sp³-hybridized carbons (Fsp3) is 0.318. The molecule has 0 aliphatic rings. The highest BCUT2D eigenvalue weighted by atomic mass is 32.1. The summed E-state index contributed by atoms with van der Waals surface area (Å²) in [4.78, 5) is 24.8. The average molecular weight is 430 g/mol. The van der Waals surface area contributed by atoms with Crippen LogP contribution in [0.3, 0.4) is 0 Å². The van der Waals surface area contributed by atoms with Crippen LogP contribution < -0.4 is 20.7 Å². The molecule has 0 spiro atoms. The summed E-state index contributed by atoms with van der Waals surface area (Å²) in [6.07, 6.45) is 1.91. The molecular weight excluding hydrogens is 402 g/mol. The summed E-state index contributed by atoms with van der Waals surface area (Å²) in [5, 5.41) is 8.53. The largest absolute Gasteiger partial charge is 0.491 e. The first kappa shape index (κ1) is 23.3. The van der Waals surface area contributed by atoms with Crippen LogP contribution in [-0.4, -0.2) is 43.8 Å². The standard InChI is InChI=1S/C22H27N3O4S/c1-3-4-13-23-21(27)18-7-5-6-8-19(18)24-22(30)25-20(26)16-9-11-17(12-10-16)29-15-14-28-2/h5-12H,3-4,13-15H2,1-2H3,(H,23,27)(H2,24,25,26,30). The molecule has 0 heterocycles. The van der Waals surface area contributed by atoms with Crippen LogP contribution >= 0.6 is 12.2 Å². The highest BCUT2D eigenvalue weighted by Crippen LogP contribution is 2.15. The lowest BCUT2D eigenvalue weighted by atomic mass is 10.1. The van der Waals surface area contributed by atoms with Crippen molar-refractivity contribution in [2.24, 2.45) is 0 Å². The number of carbonyl (C=O) groups is 2. The van der Waals surface area contributed by atoms with Crippen LogP contribution in [0.15, 0.2) is 48.5 Å². The highest BCUT2D eigenvalue weighted by molar-refractivity contribution is 7.80. The van der Waals surface area contributed by atoms with Crippen molar-refractivity contribution in [3.8, 4) is 5.75 Å². The molecule has 3 N–H and O–H groups in total. The lowest BCUT2D eigenvalue weighted by Gasteiger charge is -2.14. The van der Waals surface area contributed by atoms with Gasteiger partial charge in [-0.15, -0.1) is 0 Å². The molecule has 160 valence electrons. The van der Waals surface area contributed by atoms with E-state index in [1.54, 1.807) is 55.6 Å². The second kappa shape index (κ2) is 12.6. The van der Waals surface area contributed by atoms with Gasteiger partial charge in [0.05, 0.1) is 17.9 Å². The van der Waals surface area contributed by atoms with E-state index < -0.39 is 0 Å². The Hall–Kier alpha value is -2.97. The Bertz CT molecular complexity index is 856. The van der Waals surface area contributed by atoms with Crippen LogP contribution in [-0.2, 0) is 4.74 Å². The molecule has 0 fully saturated rings. The number of nitrogens with one attached hydrogen (secondary N) is 3. The minimum absolute atomic E-state index is 0.106. The lowest BCUT2D eigenvalue weighted by molar-refractivity contribution is 0.0952. The van der Waals surface area contributed by atoms with Gasteiger partial charge in [-0.25, -0.2) is 0 Å². The first-order chi connectivity index (χ1) is 14.5. The first-order valence-corrected chi connectivity index (χ1v) is 10.2. The van der Waals surface area contributed by atoms with Crippen molar-refractivity contribution >= 4 is 34.8 Å². The van der Waals surface area contributed by atoms with Crippen molar-refractivity contribution < 1.29 is 19.1 Å². The molecule has 0 radical (unpaired) electrons. The highest BCUT2D eigenvalue weighted by Gasteiger charge is 2.13. The number of rotatable bonds is 10. The summed E-state index contributed by atoms with van der Waals surface area (Å²) in [6, 6.07) is 13.7. The van der Waals surface area contributed by atoms with Gasteiger partial charge in [0, 0.05) is 19.2 Å². The maximum Gasteiger partial charge on any atom is 0.257 e. The van der Waals surface area contributed by atoms with Gasteiger partial charge in [-0.2, -0.15) is 0 Å². The van der Waals surface area contributed by atoms with E-state index in [-0.39, 0.29) is 16.9 Å². The second-order valence-electron chi connectivity index (χ2n) is 6.43. The molecule has 0 aliphatic heterocycles. The van der Waals surface area contributed by atoms with E-state index in [4.69, 9.17) is 21.7 Å². The Kier molecular flexibility index (Phi) is 9.76. The number of benzene rings is 2. The number of thiocarbonyl (C=S) groups is 1. The van der Waals surface area contributed by atoms with Crippen LogP contribution in [0.1, 0.15) is 40.5 Å². The number of para-hydroxylation sites is 1. The molecule has 0 aliphatic carbocycles. The molecule has 2 aromatic rings. The van der Waals surface area contributed by atoms with E-state index >= 15 is 0 Å². The van der Waals surface area contributed by atoms with Gasteiger partial charge in [-0.3, -0.25) is 14.9 Å². The third-order valence-electron chi connectivity index (χ3n) is 4.14. The van der Waals surface area contributed by atoms with E-state index in [2.05, 4.69) is 22.9 Å². The third kappa shape index (κ3) is 7.46. The summed E-state index contributed by atoms with van der Waals surface area (Å²) < 4.78 is 10.4. The van der Waals surface area contributed by atoms with Gasteiger partial charge in [-0.1, -0.05) is 25.5 Å². The molecule has 8 heteroatoms. The van der Waals surface area contributed by atoms with Crippen LogP contribution in [0.4, 0.5) is 5.69 Å². The van der Waals surface area contributed by atoms with Crippen molar-refractivity contribution in [3.05, 3.63) is 59.7 Å². The zero-order chi connectivity index (χ0) is 21.8. The Balaban J connectivity index is 1.94. The summed E-state index contributed by atoms with van der Waals surface area (Å²) in [5.41, 5.74) is 1.42. The predicted octanol–water partition coefficient (Wildman–Crippen LogP) is 3.37. The van der Waals surface area contributed by atoms with Gasteiger partial charge < -0.3 is 20.1 Å². The quantitative estimate of drug-likeness (QED) is 0.396. The van der Waals surface area contributed by atoms with E-state index in [1.165, 1.54) is 0 Å². The van der Waals surface area contributed by atoms with E-state index in [9.17, 15) is 9.59 Å². The Labute approximate surface area is 182 Å². The van der Waals surface area contributed by atoms with Crippen LogP contribution in [0.2, 0.25) is 0 Å². The molecule has 2 amide bonds. The van der Waals surface area contributed by atoms with Gasteiger partial charge in [0.25, 0.3) is 11.8 Å². The van der Waals surface area contributed by atoms with Crippen LogP contribution in [0, 0.1) is 0 Å². The molecule has 0 unspecified atom stereocenters. The zero-order valence-corrected chi connectivity index (χ0v) is 18.0. The van der Waals surface area contributed by atoms with E-state index in [0.717, 1.165) is 12.8 Å². The lowest BCUT2D eigenvalue weighted by Crippen LogP contribution is -2.35.